The molecule has 1 amide bonds. The first-order valence-electron chi connectivity index (χ1n) is 7.86. The van der Waals surface area contributed by atoms with Crippen molar-refractivity contribution in [1.29, 1.82) is 0 Å². The molecule has 0 radical (unpaired) electrons. The molecule has 5 nitrogen and oxygen atoms in total. The van der Waals surface area contributed by atoms with Gasteiger partial charge in [0.05, 0.1) is 6.04 Å². The topological polar surface area (TPSA) is 92.4 Å². The molecule has 0 saturated carbocycles. The summed E-state index contributed by atoms with van der Waals surface area (Å²) in [7, 11) is 0. The number of nitrogens with two attached hydrogens (primary N) is 1. The molecule has 0 aliphatic rings. The maximum absolute atomic E-state index is 11.6. The summed E-state index contributed by atoms with van der Waals surface area (Å²) in [5.74, 6) is -1.54. The molecule has 4 N–H and O–H groups in total. The lowest BCUT2D eigenvalue weighted by Crippen LogP contribution is -2.48. The van der Waals surface area contributed by atoms with Crippen LogP contribution in [0.25, 0.3) is 0 Å². The van der Waals surface area contributed by atoms with Crippen molar-refractivity contribution < 1.29 is 14.7 Å². The Hall–Kier alpha value is -2.66. The van der Waals surface area contributed by atoms with Gasteiger partial charge < -0.3 is 16.2 Å². The van der Waals surface area contributed by atoms with Crippen molar-refractivity contribution in [2.75, 3.05) is 0 Å². The average molecular weight is 326 g/mol. The van der Waals surface area contributed by atoms with Gasteiger partial charge in [-0.05, 0) is 30.0 Å². The summed E-state index contributed by atoms with van der Waals surface area (Å²) in [5, 5.41) is 11.7. The van der Waals surface area contributed by atoms with Gasteiger partial charge in [0.15, 0.2) is 0 Å². The molecular formula is C19H22N2O3. The summed E-state index contributed by atoms with van der Waals surface area (Å²) in [6, 6.07) is 16.2. The maximum Gasteiger partial charge on any atom is 0.326 e. The molecule has 0 fully saturated rings. The smallest absolute Gasteiger partial charge is 0.326 e. The van der Waals surface area contributed by atoms with Gasteiger partial charge in [-0.25, -0.2) is 4.79 Å². The minimum atomic E-state index is -1.07. The van der Waals surface area contributed by atoms with Gasteiger partial charge in [0.25, 0.3) is 0 Å². The number of hydrogen-bond acceptors (Lipinski definition) is 3. The highest BCUT2D eigenvalue weighted by Gasteiger charge is 2.21. The van der Waals surface area contributed by atoms with Gasteiger partial charge in [-0.3, -0.25) is 4.79 Å². The van der Waals surface area contributed by atoms with Crippen molar-refractivity contribution in [1.82, 2.24) is 5.32 Å². The maximum atomic E-state index is 11.6. The third kappa shape index (κ3) is 5.21. The number of benzene rings is 2. The SMILES string of the molecule is C[C@H](N)C(=O)N[C@@H](Cc1ccc(Cc2ccccc2)cc1)C(=O)O. The van der Waals surface area contributed by atoms with Gasteiger partial charge >= 0.3 is 5.97 Å². The van der Waals surface area contributed by atoms with E-state index in [1.807, 2.05) is 42.5 Å². The van der Waals surface area contributed by atoms with E-state index in [1.54, 1.807) is 0 Å². The molecular weight excluding hydrogens is 304 g/mol. The predicted octanol–water partition coefficient (Wildman–Crippen LogP) is 1.74. The first-order valence-corrected chi connectivity index (χ1v) is 7.86. The van der Waals surface area contributed by atoms with Crippen LogP contribution in [0, 0.1) is 0 Å². The summed E-state index contributed by atoms with van der Waals surface area (Å²) >= 11 is 0. The highest BCUT2D eigenvalue weighted by atomic mass is 16.4. The molecule has 24 heavy (non-hydrogen) atoms. The normalized spacial score (nSPS) is 13.1. The minimum Gasteiger partial charge on any atom is -0.480 e. The van der Waals surface area contributed by atoms with E-state index in [0.29, 0.717) is 0 Å². The van der Waals surface area contributed by atoms with Crippen LogP contribution in [0.3, 0.4) is 0 Å². The Morgan fingerprint density at radius 3 is 2.08 bits per heavy atom. The van der Waals surface area contributed by atoms with Crippen LogP contribution >= 0.6 is 0 Å². The second-order valence-corrected chi connectivity index (χ2v) is 5.87. The molecule has 0 spiro atoms. The van der Waals surface area contributed by atoms with Crippen molar-refractivity contribution in [2.45, 2.75) is 31.8 Å². The van der Waals surface area contributed by atoms with Crippen LogP contribution in [0.4, 0.5) is 0 Å². The summed E-state index contributed by atoms with van der Waals surface area (Å²) < 4.78 is 0. The summed E-state index contributed by atoms with van der Waals surface area (Å²) in [5.41, 5.74) is 8.69. The molecule has 0 heterocycles. The van der Waals surface area contributed by atoms with Crippen molar-refractivity contribution in [2.24, 2.45) is 5.73 Å². The lowest BCUT2D eigenvalue weighted by atomic mass is 10.0. The molecule has 2 aromatic carbocycles. The van der Waals surface area contributed by atoms with E-state index < -0.39 is 24.0 Å². The van der Waals surface area contributed by atoms with Crippen LogP contribution in [0.15, 0.2) is 54.6 Å². The number of carbonyl (C=O) groups is 2. The number of aliphatic carboxylic acids is 1. The third-order valence-corrected chi connectivity index (χ3v) is 3.74. The van der Waals surface area contributed by atoms with E-state index in [2.05, 4.69) is 17.4 Å². The Morgan fingerprint density at radius 1 is 1.00 bits per heavy atom. The summed E-state index contributed by atoms with van der Waals surface area (Å²) in [4.78, 5) is 22.9. The summed E-state index contributed by atoms with van der Waals surface area (Å²) in [6.07, 6.45) is 1.05. The van der Waals surface area contributed by atoms with E-state index in [0.717, 1.165) is 17.5 Å². The first-order chi connectivity index (χ1) is 11.5. The predicted molar refractivity (Wildman–Crippen MR) is 92.6 cm³/mol. The van der Waals surface area contributed by atoms with Gasteiger partial charge in [0.2, 0.25) is 5.91 Å². The quantitative estimate of drug-likeness (QED) is 0.722. The van der Waals surface area contributed by atoms with Gasteiger partial charge in [-0.15, -0.1) is 0 Å². The Kier molecular flexibility index (Phi) is 6.09. The van der Waals surface area contributed by atoms with E-state index >= 15 is 0 Å². The number of carboxylic acids is 1. The monoisotopic (exact) mass is 326 g/mol. The number of hydrogen-bond donors (Lipinski definition) is 3. The zero-order valence-electron chi connectivity index (χ0n) is 13.6. The molecule has 2 atom stereocenters. The largest absolute Gasteiger partial charge is 0.480 e. The zero-order chi connectivity index (χ0) is 17.5. The van der Waals surface area contributed by atoms with Gasteiger partial charge in [0.1, 0.15) is 6.04 Å². The van der Waals surface area contributed by atoms with E-state index in [4.69, 9.17) is 5.73 Å². The molecule has 0 saturated heterocycles. The molecule has 2 rings (SSSR count). The fourth-order valence-electron chi connectivity index (χ4n) is 2.36. The highest BCUT2D eigenvalue weighted by molar-refractivity contribution is 5.86. The Bertz CT molecular complexity index is 682. The molecule has 2 aromatic rings. The van der Waals surface area contributed by atoms with Crippen LogP contribution in [0.1, 0.15) is 23.6 Å². The molecule has 5 heteroatoms. The summed E-state index contributed by atoms with van der Waals surface area (Å²) in [6.45, 7) is 1.52. The number of carbonyl (C=O) groups excluding carboxylic acids is 1. The molecule has 0 aromatic heterocycles. The average Bonchev–Trinajstić information content (AvgIpc) is 2.56. The Labute approximate surface area is 141 Å². The van der Waals surface area contributed by atoms with E-state index in [9.17, 15) is 14.7 Å². The number of nitrogens with one attached hydrogen (secondary N) is 1. The third-order valence-electron chi connectivity index (χ3n) is 3.74. The second-order valence-electron chi connectivity index (χ2n) is 5.87. The van der Waals surface area contributed by atoms with Crippen molar-refractivity contribution in [3.63, 3.8) is 0 Å². The van der Waals surface area contributed by atoms with Crippen LogP contribution in [-0.2, 0) is 22.4 Å². The standard InChI is InChI=1S/C19H22N2O3/c1-13(20)18(22)21-17(19(23)24)12-16-9-7-15(8-10-16)11-14-5-3-2-4-6-14/h2-10,13,17H,11-12,20H2,1H3,(H,21,22)(H,23,24)/t13-,17-/m0/s1. The molecule has 0 aliphatic heterocycles. The van der Waals surface area contributed by atoms with Crippen LogP contribution in [0.5, 0.6) is 0 Å². The van der Waals surface area contributed by atoms with Crippen LogP contribution in [-0.4, -0.2) is 29.1 Å². The van der Waals surface area contributed by atoms with Gasteiger partial charge in [-0.1, -0.05) is 54.6 Å². The van der Waals surface area contributed by atoms with Crippen molar-refractivity contribution in [3.8, 4) is 0 Å². The van der Waals surface area contributed by atoms with E-state index in [-0.39, 0.29) is 6.42 Å². The lowest BCUT2D eigenvalue weighted by Gasteiger charge is -2.16. The number of carboxylic acid groups (broad SMARTS) is 1. The van der Waals surface area contributed by atoms with Crippen molar-refractivity contribution >= 4 is 11.9 Å². The fraction of sp³-hybridized carbons (Fsp3) is 0.263. The molecule has 126 valence electrons. The van der Waals surface area contributed by atoms with Gasteiger partial charge in [-0.2, -0.15) is 0 Å². The van der Waals surface area contributed by atoms with Crippen LogP contribution < -0.4 is 11.1 Å². The second kappa shape index (κ2) is 8.26. The van der Waals surface area contributed by atoms with Crippen molar-refractivity contribution in [3.05, 3.63) is 71.3 Å². The van der Waals surface area contributed by atoms with Gasteiger partial charge in [0, 0.05) is 6.42 Å². The first kappa shape index (κ1) is 17.7. The highest BCUT2D eigenvalue weighted by Crippen LogP contribution is 2.12. The minimum absolute atomic E-state index is 0.222. The lowest BCUT2D eigenvalue weighted by molar-refractivity contribution is -0.141. The zero-order valence-corrected chi connectivity index (χ0v) is 13.6. The number of amides is 1. The molecule has 0 aliphatic carbocycles. The fourth-order valence-corrected chi connectivity index (χ4v) is 2.36. The Morgan fingerprint density at radius 2 is 1.54 bits per heavy atom. The Balaban J connectivity index is 2.01. The molecule has 0 unspecified atom stereocenters. The van der Waals surface area contributed by atoms with E-state index in [1.165, 1.54) is 12.5 Å². The molecule has 0 bridgehead atoms. The number of rotatable bonds is 7. The van der Waals surface area contributed by atoms with Crippen LogP contribution in [0.2, 0.25) is 0 Å².